The summed E-state index contributed by atoms with van der Waals surface area (Å²) in [5.74, 6) is 6.14. The molecule has 2 rings (SSSR count). The van der Waals surface area contributed by atoms with Crippen molar-refractivity contribution in [2.75, 3.05) is 6.61 Å². The molecule has 0 aliphatic rings. The number of aryl methyl sites for hydroxylation is 2. The predicted octanol–water partition coefficient (Wildman–Crippen LogP) is 6.31. The molecule has 0 saturated carbocycles. The Hall–Kier alpha value is -2.81. The lowest BCUT2D eigenvalue weighted by molar-refractivity contribution is -0.137. The van der Waals surface area contributed by atoms with Gasteiger partial charge in [-0.2, -0.15) is 0 Å². The fourth-order valence-corrected chi connectivity index (χ4v) is 4.81. The lowest BCUT2D eigenvalue weighted by Crippen LogP contribution is -2.26. The second-order valence-electron chi connectivity index (χ2n) is 10.0. The quantitative estimate of drug-likeness (QED) is 0.276. The Bertz CT molecular complexity index is 1100. The summed E-state index contributed by atoms with van der Waals surface area (Å²) in [6, 6.07) is 12.7. The minimum Gasteiger partial charge on any atom is -0.491 e. The third kappa shape index (κ3) is 7.84. The Kier molecular flexibility index (Phi) is 11.2. The van der Waals surface area contributed by atoms with Gasteiger partial charge in [0.1, 0.15) is 18.0 Å². The highest BCUT2D eigenvalue weighted by Crippen LogP contribution is 2.41. The van der Waals surface area contributed by atoms with Gasteiger partial charge in [0.15, 0.2) is 0 Å². The molecular weight excluding hydrogens is 464 g/mol. The molecule has 0 heterocycles. The molecule has 37 heavy (non-hydrogen) atoms. The number of aliphatic carboxylic acids is 1. The van der Waals surface area contributed by atoms with Crippen molar-refractivity contribution in [1.82, 2.24) is 0 Å². The Labute approximate surface area is 222 Å². The monoisotopic (exact) mass is 508 g/mol. The molecule has 0 radical (unpaired) electrons. The van der Waals surface area contributed by atoms with E-state index in [4.69, 9.17) is 9.84 Å². The molecule has 0 unspecified atom stereocenters. The van der Waals surface area contributed by atoms with Crippen LogP contribution in [0.25, 0.3) is 0 Å². The Morgan fingerprint density at radius 3 is 2.05 bits per heavy atom. The molecule has 5 heteroatoms. The predicted molar refractivity (Wildman–Crippen MR) is 149 cm³/mol. The van der Waals surface area contributed by atoms with E-state index >= 15 is 0 Å². The Morgan fingerprint density at radius 1 is 0.946 bits per heavy atom. The average molecular weight is 509 g/mol. The molecule has 0 spiro atoms. The standard InChI is InChI=1S/C32H44O5/c1-7-31(36,8-2)19-18-25-14-15-26(20-23(25)5)32(9-3,10-4)27-16-17-29(24(6)21-27)37-22-28(33)12-11-13-30(34)35/h14-17,20-21,28,33,36H,7-13,22H2,1-6H3,(H,34,35)/t28-/m1/s1. The highest BCUT2D eigenvalue weighted by atomic mass is 16.5. The zero-order chi connectivity index (χ0) is 27.6. The third-order valence-electron chi connectivity index (χ3n) is 7.67. The van der Waals surface area contributed by atoms with Crippen LogP contribution < -0.4 is 4.74 Å². The summed E-state index contributed by atoms with van der Waals surface area (Å²) < 4.78 is 5.87. The summed E-state index contributed by atoms with van der Waals surface area (Å²) in [5.41, 5.74) is 4.38. The van der Waals surface area contributed by atoms with Gasteiger partial charge in [-0.05, 0) is 86.8 Å². The fraction of sp³-hybridized carbons (Fsp3) is 0.531. The fourth-order valence-electron chi connectivity index (χ4n) is 4.81. The van der Waals surface area contributed by atoms with Crippen molar-refractivity contribution in [3.63, 3.8) is 0 Å². The van der Waals surface area contributed by atoms with Gasteiger partial charge in [-0.15, -0.1) is 0 Å². The van der Waals surface area contributed by atoms with E-state index in [0.717, 1.165) is 35.3 Å². The van der Waals surface area contributed by atoms with Gasteiger partial charge in [-0.25, -0.2) is 0 Å². The number of carboxylic acid groups (broad SMARTS) is 1. The van der Waals surface area contributed by atoms with Crippen molar-refractivity contribution in [2.45, 2.75) is 104 Å². The van der Waals surface area contributed by atoms with Crippen molar-refractivity contribution in [3.05, 3.63) is 64.2 Å². The summed E-state index contributed by atoms with van der Waals surface area (Å²) >= 11 is 0. The zero-order valence-corrected chi connectivity index (χ0v) is 23.4. The number of carbonyl (C=O) groups is 1. The van der Waals surface area contributed by atoms with Crippen LogP contribution in [-0.2, 0) is 10.2 Å². The molecule has 0 fully saturated rings. The van der Waals surface area contributed by atoms with Gasteiger partial charge < -0.3 is 20.1 Å². The lowest BCUT2D eigenvalue weighted by Gasteiger charge is -2.34. The summed E-state index contributed by atoms with van der Waals surface area (Å²) in [7, 11) is 0. The molecule has 1 atom stereocenters. The average Bonchev–Trinajstić information content (AvgIpc) is 2.88. The van der Waals surface area contributed by atoms with Crippen molar-refractivity contribution in [3.8, 4) is 17.6 Å². The van der Waals surface area contributed by atoms with Crippen LogP contribution in [0.3, 0.4) is 0 Å². The Morgan fingerprint density at radius 2 is 1.54 bits per heavy atom. The SMILES string of the molecule is CCC(O)(C#Cc1ccc(C(CC)(CC)c2ccc(OC[C@H](O)CCCC(=O)O)c(C)c2)cc1C)CC. The number of benzene rings is 2. The van der Waals surface area contributed by atoms with Crippen LogP contribution in [0.5, 0.6) is 5.75 Å². The van der Waals surface area contributed by atoms with E-state index in [0.29, 0.717) is 25.7 Å². The smallest absolute Gasteiger partial charge is 0.303 e. The van der Waals surface area contributed by atoms with Crippen molar-refractivity contribution >= 4 is 5.97 Å². The van der Waals surface area contributed by atoms with E-state index in [1.807, 2.05) is 26.8 Å². The van der Waals surface area contributed by atoms with Crippen molar-refractivity contribution in [2.24, 2.45) is 0 Å². The molecule has 0 aromatic heterocycles. The van der Waals surface area contributed by atoms with Gasteiger partial charge in [-0.3, -0.25) is 4.79 Å². The third-order valence-corrected chi connectivity index (χ3v) is 7.67. The van der Waals surface area contributed by atoms with Crippen molar-refractivity contribution in [1.29, 1.82) is 0 Å². The summed E-state index contributed by atoms with van der Waals surface area (Å²) in [4.78, 5) is 10.7. The normalized spacial score (nSPS) is 12.5. The van der Waals surface area contributed by atoms with Crippen LogP contribution in [0.4, 0.5) is 0 Å². The molecule has 0 aliphatic carbocycles. The molecule has 5 nitrogen and oxygen atoms in total. The van der Waals surface area contributed by atoms with E-state index in [2.05, 4.69) is 62.9 Å². The summed E-state index contributed by atoms with van der Waals surface area (Å²) in [6.45, 7) is 12.6. The molecule has 3 N–H and O–H groups in total. The molecule has 2 aromatic rings. The second-order valence-corrected chi connectivity index (χ2v) is 10.0. The number of hydrogen-bond donors (Lipinski definition) is 3. The first-order valence-electron chi connectivity index (χ1n) is 13.5. The number of carboxylic acids is 1. The summed E-state index contributed by atoms with van der Waals surface area (Å²) in [6.07, 6.45) is 3.24. The van der Waals surface area contributed by atoms with Gasteiger partial charge in [0.05, 0.1) is 6.10 Å². The first-order valence-corrected chi connectivity index (χ1v) is 13.5. The molecule has 0 aliphatic heterocycles. The van der Waals surface area contributed by atoms with E-state index in [-0.39, 0.29) is 18.4 Å². The molecular formula is C32H44O5. The maximum atomic E-state index is 10.7. The second kappa shape index (κ2) is 13.7. The van der Waals surface area contributed by atoms with Gasteiger partial charge in [0, 0.05) is 17.4 Å². The summed E-state index contributed by atoms with van der Waals surface area (Å²) in [5, 5.41) is 29.4. The first kappa shape index (κ1) is 30.4. The topological polar surface area (TPSA) is 87.0 Å². The van der Waals surface area contributed by atoms with Crippen LogP contribution in [-0.4, -0.2) is 39.6 Å². The van der Waals surface area contributed by atoms with Gasteiger partial charge in [-0.1, -0.05) is 63.8 Å². The maximum absolute atomic E-state index is 10.7. The molecule has 0 bridgehead atoms. The van der Waals surface area contributed by atoms with Gasteiger partial charge in [0.25, 0.3) is 0 Å². The van der Waals surface area contributed by atoms with Crippen LogP contribution in [0.2, 0.25) is 0 Å². The maximum Gasteiger partial charge on any atom is 0.303 e. The number of hydrogen-bond acceptors (Lipinski definition) is 4. The van der Waals surface area contributed by atoms with Gasteiger partial charge >= 0.3 is 5.97 Å². The highest BCUT2D eigenvalue weighted by molar-refractivity contribution is 5.66. The number of ether oxygens (including phenoxy) is 1. The Balaban J connectivity index is 2.27. The molecule has 2 aromatic carbocycles. The molecule has 202 valence electrons. The van der Waals surface area contributed by atoms with E-state index in [1.54, 1.807) is 0 Å². The minimum absolute atomic E-state index is 0.0492. The zero-order valence-electron chi connectivity index (χ0n) is 23.4. The highest BCUT2D eigenvalue weighted by Gasteiger charge is 2.31. The largest absolute Gasteiger partial charge is 0.491 e. The number of rotatable bonds is 13. The lowest BCUT2D eigenvalue weighted by atomic mass is 9.70. The van der Waals surface area contributed by atoms with Gasteiger partial charge in [0.2, 0.25) is 0 Å². The van der Waals surface area contributed by atoms with Crippen LogP contribution in [0, 0.1) is 25.7 Å². The van der Waals surface area contributed by atoms with Crippen molar-refractivity contribution < 1.29 is 24.9 Å². The number of aliphatic hydroxyl groups excluding tert-OH is 1. The van der Waals surface area contributed by atoms with Crippen LogP contribution >= 0.6 is 0 Å². The number of aliphatic hydroxyl groups is 2. The molecule has 0 saturated heterocycles. The minimum atomic E-state index is -0.947. The first-order chi connectivity index (χ1) is 17.5. The van der Waals surface area contributed by atoms with E-state index in [9.17, 15) is 15.0 Å². The molecule has 0 amide bonds. The van der Waals surface area contributed by atoms with E-state index in [1.165, 1.54) is 11.1 Å². The van der Waals surface area contributed by atoms with Crippen LogP contribution in [0.1, 0.15) is 100 Å². The van der Waals surface area contributed by atoms with E-state index < -0.39 is 17.7 Å². The van der Waals surface area contributed by atoms with Crippen LogP contribution in [0.15, 0.2) is 36.4 Å².